The average molecular weight is 403 g/mol. The lowest BCUT2D eigenvalue weighted by atomic mass is 9.93. The maximum absolute atomic E-state index is 12.9. The van der Waals surface area contributed by atoms with Crippen LogP contribution in [0.5, 0.6) is 5.75 Å². The maximum atomic E-state index is 12.9. The number of carbonyl (C=O) groups is 1. The lowest BCUT2D eigenvalue weighted by Gasteiger charge is -2.33. The molecule has 1 aliphatic heterocycles. The third-order valence-corrected chi connectivity index (χ3v) is 6.63. The molecule has 5 nitrogen and oxygen atoms in total. The van der Waals surface area contributed by atoms with Gasteiger partial charge in [-0.3, -0.25) is 4.79 Å². The van der Waals surface area contributed by atoms with Crippen LogP contribution in [-0.2, 0) is 9.53 Å². The molecule has 0 radical (unpaired) electrons. The van der Waals surface area contributed by atoms with Crippen LogP contribution in [0.4, 0.5) is 5.69 Å². The van der Waals surface area contributed by atoms with Gasteiger partial charge in [0.2, 0.25) is 0 Å². The van der Waals surface area contributed by atoms with E-state index in [0.29, 0.717) is 6.04 Å². The van der Waals surface area contributed by atoms with Crippen molar-refractivity contribution in [2.75, 3.05) is 32.1 Å². The molecular formula is C24H38N2O3. The van der Waals surface area contributed by atoms with Gasteiger partial charge in [0, 0.05) is 25.4 Å². The molecule has 1 heterocycles. The predicted molar refractivity (Wildman–Crippen MR) is 118 cm³/mol. The topological polar surface area (TPSA) is 50.8 Å². The van der Waals surface area contributed by atoms with E-state index in [1.54, 1.807) is 7.11 Å². The number of likely N-dealkylation sites (tertiary alicyclic amines) is 1. The minimum atomic E-state index is -0.683. The summed E-state index contributed by atoms with van der Waals surface area (Å²) in [5, 5.41) is 3.05. The minimum absolute atomic E-state index is 0.0220. The Morgan fingerprint density at radius 1 is 1.10 bits per heavy atom. The number of nitrogens with zero attached hydrogens (tertiary/aromatic N) is 1. The van der Waals surface area contributed by atoms with Gasteiger partial charge in [0.15, 0.2) is 0 Å². The fourth-order valence-corrected chi connectivity index (χ4v) is 4.65. The van der Waals surface area contributed by atoms with Gasteiger partial charge in [0.1, 0.15) is 11.4 Å². The van der Waals surface area contributed by atoms with Crippen LogP contribution in [0.15, 0.2) is 24.3 Å². The molecule has 1 saturated heterocycles. The van der Waals surface area contributed by atoms with Crippen molar-refractivity contribution >= 4 is 11.6 Å². The molecule has 1 atom stereocenters. The molecule has 1 amide bonds. The van der Waals surface area contributed by atoms with Gasteiger partial charge in [-0.2, -0.15) is 0 Å². The van der Waals surface area contributed by atoms with Crippen LogP contribution in [0, 0.1) is 0 Å². The smallest absolute Gasteiger partial charge is 0.256 e. The van der Waals surface area contributed by atoms with E-state index in [1.807, 2.05) is 24.3 Å². The van der Waals surface area contributed by atoms with Gasteiger partial charge >= 0.3 is 0 Å². The molecule has 0 bridgehead atoms. The van der Waals surface area contributed by atoms with Gasteiger partial charge < -0.3 is 19.7 Å². The van der Waals surface area contributed by atoms with Crippen molar-refractivity contribution in [3.05, 3.63) is 24.3 Å². The second-order valence-electron chi connectivity index (χ2n) is 8.67. The highest BCUT2D eigenvalue weighted by Crippen LogP contribution is 2.31. The van der Waals surface area contributed by atoms with Gasteiger partial charge in [-0.25, -0.2) is 0 Å². The predicted octanol–water partition coefficient (Wildman–Crippen LogP) is 5.01. The second-order valence-corrected chi connectivity index (χ2v) is 8.67. The van der Waals surface area contributed by atoms with E-state index in [9.17, 15) is 4.79 Å². The quantitative estimate of drug-likeness (QED) is 0.491. The Labute approximate surface area is 176 Å². The number of ether oxygens (including phenoxy) is 2. The summed E-state index contributed by atoms with van der Waals surface area (Å²) < 4.78 is 11.6. The zero-order valence-electron chi connectivity index (χ0n) is 18.3. The normalized spacial score (nSPS) is 22.6. The highest BCUT2D eigenvalue weighted by molar-refractivity contribution is 5.97. The summed E-state index contributed by atoms with van der Waals surface area (Å²) in [5.74, 6) is 0.830. The molecule has 0 spiro atoms. The zero-order chi connectivity index (χ0) is 20.5. The molecule has 1 aliphatic carbocycles. The molecule has 1 unspecified atom stereocenters. The molecule has 3 rings (SSSR count). The Hall–Kier alpha value is -1.59. The first-order chi connectivity index (χ1) is 14.1. The largest absolute Gasteiger partial charge is 0.494 e. The average Bonchev–Trinajstić information content (AvgIpc) is 3.00. The van der Waals surface area contributed by atoms with Crippen LogP contribution in [0.3, 0.4) is 0 Å². The fraction of sp³-hybridized carbons (Fsp3) is 0.708. The van der Waals surface area contributed by atoms with Crippen molar-refractivity contribution < 1.29 is 14.3 Å². The second kappa shape index (κ2) is 11.0. The maximum Gasteiger partial charge on any atom is 0.256 e. The molecule has 162 valence electrons. The summed E-state index contributed by atoms with van der Waals surface area (Å²) in [5.41, 5.74) is 0.113. The van der Waals surface area contributed by atoms with Crippen molar-refractivity contribution in [2.45, 2.75) is 82.8 Å². The Balaban J connectivity index is 1.44. The third kappa shape index (κ3) is 6.19. The van der Waals surface area contributed by atoms with Crippen LogP contribution in [-0.4, -0.2) is 49.3 Å². The molecule has 2 aliphatic rings. The number of methoxy groups -OCH3 is 1. The monoisotopic (exact) mass is 402 g/mol. The van der Waals surface area contributed by atoms with E-state index < -0.39 is 5.60 Å². The molecule has 5 heteroatoms. The number of nitrogens with one attached hydrogen (secondary N) is 1. The Kier molecular flexibility index (Phi) is 8.37. The van der Waals surface area contributed by atoms with Gasteiger partial charge in [-0.05, 0) is 69.8 Å². The van der Waals surface area contributed by atoms with Crippen molar-refractivity contribution in [1.82, 2.24) is 4.90 Å². The van der Waals surface area contributed by atoms with Crippen LogP contribution >= 0.6 is 0 Å². The van der Waals surface area contributed by atoms with Crippen LogP contribution < -0.4 is 10.1 Å². The first-order valence-electron chi connectivity index (χ1n) is 11.5. The number of amides is 1. The van der Waals surface area contributed by atoms with Crippen molar-refractivity contribution in [2.24, 2.45) is 0 Å². The minimum Gasteiger partial charge on any atom is -0.494 e. The molecule has 1 aromatic carbocycles. The van der Waals surface area contributed by atoms with Crippen LogP contribution in [0.1, 0.15) is 71.1 Å². The number of benzene rings is 1. The van der Waals surface area contributed by atoms with Gasteiger partial charge in [-0.15, -0.1) is 0 Å². The molecule has 1 N–H and O–H groups in total. The number of piperidine rings is 1. The summed E-state index contributed by atoms with van der Waals surface area (Å²) in [7, 11) is 1.66. The summed E-state index contributed by atoms with van der Waals surface area (Å²) in [6, 6.07) is 8.41. The molecule has 1 saturated carbocycles. The number of rotatable bonds is 8. The molecule has 29 heavy (non-hydrogen) atoms. The first-order valence-corrected chi connectivity index (χ1v) is 11.5. The van der Waals surface area contributed by atoms with E-state index in [1.165, 1.54) is 38.6 Å². The summed E-state index contributed by atoms with van der Waals surface area (Å²) >= 11 is 0. The fourth-order valence-electron chi connectivity index (χ4n) is 4.65. The van der Waals surface area contributed by atoms with Crippen molar-refractivity contribution in [3.8, 4) is 5.75 Å². The Morgan fingerprint density at radius 2 is 1.83 bits per heavy atom. The van der Waals surface area contributed by atoms with Crippen molar-refractivity contribution in [1.29, 1.82) is 0 Å². The van der Waals surface area contributed by atoms with Gasteiger partial charge in [-0.1, -0.05) is 32.1 Å². The number of carbonyl (C=O) groups excluding carboxylic acids is 1. The third-order valence-electron chi connectivity index (χ3n) is 6.63. The summed E-state index contributed by atoms with van der Waals surface area (Å²) in [4.78, 5) is 15.4. The Morgan fingerprint density at radius 3 is 2.48 bits per heavy atom. The number of hydrogen-bond acceptors (Lipinski definition) is 4. The van der Waals surface area contributed by atoms with Gasteiger partial charge in [0.25, 0.3) is 5.91 Å². The van der Waals surface area contributed by atoms with E-state index in [-0.39, 0.29) is 5.91 Å². The van der Waals surface area contributed by atoms with Crippen LogP contribution in [0.25, 0.3) is 0 Å². The number of hydrogen-bond donors (Lipinski definition) is 1. The lowest BCUT2D eigenvalue weighted by molar-refractivity contribution is -0.139. The highest BCUT2D eigenvalue weighted by atomic mass is 16.5. The van der Waals surface area contributed by atoms with E-state index in [4.69, 9.17) is 9.47 Å². The molecule has 2 fully saturated rings. The first kappa shape index (κ1) is 22.1. The van der Waals surface area contributed by atoms with E-state index in [0.717, 1.165) is 56.7 Å². The molecule has 0 aromatic heterocycles. The summed E-state index contributed by atoms with van der Waals surface area (Å²) in [6.07, 6.45) is 11.1. The van der Waals surface area contributed by atoms with E-state index in [2.05, 4.69) is 17.1 Å². The van der Waals surface area contributed by atoms with Crippen molar-refractivity contribution in [3.63, 3.8) is 0 Å². The lowest BCUT2D eigenvalue weighted by Crippen LogP contribution is -2.44. The number of anilines is 1. The SMILES string of the molecule is COC1(C(=O)Nc2ccc(OCCCN3CCCCC3C)cc2)CCCCCC1. The molecular weight excluding hydrogens is 364 g/mol. The highest BCUT2D eigenvalue weighted by Gasteiger charge is 2.38. The van der Waals surface area contributed by atoms with Crippen LogP contribution in [0.2, 0.25) is 0 Å². The summed E-state index contributed by atoms with van der Waals surface area (Å²) in [6.45, 7) is 5.38. The zero-order valence-corrected chi connectivity index (χ0v) is 18.3. The van der Waals surface area contributed by atoms with E-state index >= 15 is 0 Å². The van der Waals surface area contributed by atoms with Gasteiger partial charge in [0.05, 0.1) is 6.61 Å². The standard InChI is InChI=1S/C24H38N2O3/c1-20-10-5-8-17-26(20)18-9-19-29-22-13-11-21(12-14-22)25-23(27)24(28-2)15-6-3-4-7-16-24/h11-14,20H,3-10,15-19H2,1-2H3,(H,25,27). The Bertz CT molecular complexity index is 624. The molecule has 1 aromatic rings.